The van der Waals surface area contributed by atoms with Crippen LogP contribution in [0.1, 0.15) is 49.3 Å². The van der Waals surface area contributed by atoms with Crippen molar-refractivity contribution < 1.29 is 19.4 Å². The Kier molecular flexibility index (Phi) is 9.04. The van der Waals surface area contributed by atoms with Crippen molar-refractivity contribution in [3.8, 4) is 5.75 Å². The minimum absolute atomic E-state index is 0.00683. The van der Waals surface area contributed by atoms with Crippen LogP contribution in [-0.4, -0.2) is 59.9 Å². The molecule has 0 bridgehead atoms. The maximum absolute atomic E-state index is 13.6. The first-order valence-corrected chi connectivity index (χ1v) is 13.5. The van der Waals surface area contributed by atoms with Crippen LogP contribution in [0.15, 0.2) is 77.8 Å². The molecule has 1 amide bonds. The smallest absolute Gasteiger partial charge is 0.312 e. The lowest BCUT2D eigenvalue weighted by atomic mass is 9.95. The number of carbonyl (C=O) groups excluding carboxylic acids is 1. The molecule has 3 aromatic carbocycles. The summed E-state index contributed by atoms with van der Waals surface area (Å²) in [6.45, 7) is 5.70. The SMILES string of the molecule is CCN1CCC[C@]1(C)C(=O)Nc1ccc(Cl)cc1C(=NC[C@@H](C(=O)O)c1ccc(OC)cc1)c1ccccc1. The van der Waals surface area contributed by atoms with Crippen LogP contribution in [-0.2, 0) is 9.59 Å². The standard InChI is InChI=1S/C31H34ClN3O4/c1-4-35-18-8-17-31(35,2)30(38)34-27-16-13-23(32)19-25(27)28(22-9-6-5-7-10-22)33-20-26(29(36)37)21-11-14-24(39-3)15-12-21/h5-7,9-16,19,26H,4,8,17-18,20H2,1-3H3,(H,34,38)(H,36,37)/t26-,31-/m1/s1. The molecule has 2 atom stereocenters. The zero-order valence-electron chi connectivity index (χ0n) is 22.5. The molecule has 1 fully saturated rings. The summed E-state index contributed by atoms with van der Waals surface area (Å²) >= 11 is 6.44. The van der Waals surface area contributed by atoms with Gasteiger partial charge in [-0.05, 0) is 68.8 Å². The van der Waals surface area contributed by atoms with Crippen molar-refractivity contribution in [1.82, 2.24) is 4.90 Å². The fraction of sp³-hybridized carbons (Fsp3) is 0.323. The highest BCUT2D eigenvalue weighted by atomic mass is 35.5. The molecule has 0 spiro atoms. The molecule has 39 heavy (non-hydrogen) atoms. The first-order chi connectivity index (χ1) is 18.8. The number of likely N-dealkylation sites (tertiary alicyclic amines) is 1. The zero-order valence-corrected chi connectivity index (χ0v) is 23.2. The summed E-state index contributed by atoms with van der Waals surface area (Å²) in [7, 11) is 1.56. The van der Waals surface area contributed by atoms with Crippen LogP contribution in [0.5, 0.6) is 5.75 Å². The van der Waals surface area contributed by atoms with E-state index in [1.54, 1.807) is 49.6 Å². The fourth-order valence-electron chi connectivity index (χ4n) is 5.13. The summed E-state index contributed by atoms with van der Waals surface area (Å²) in [5, 5.41) is 13.7. The number of nitrogens with zero attached hydrogens (tertiary/aromatic N) is 2. The minimum atomic E-state index is -0.982. The number of aliphatic carboxylic acids is 1. The van der Waals surface area contributed by atoms with Crippen molar-refractivity contribution in [2.24, 2.45) is 4.99 Å². The molecule has 0 radical (unpaired) electrons. The molecule has 0 saturated carbocycles. The van der Waals surface area contributed by atoms with Crippen LogP contribution in [0.25, 0.3) is 0 Å². The molecule has 7 nitrogen and oxygen atoms in total. The summed E-state index contributed by atoms with van der Waals surface area (Å²) < 4.78 is 5.21. The second-order valence-electron chi connectivity index (χ2n) is 9.82. The van der Waals surface area contributed by atoms with Crippen molar-refractivity contribution in [3.63, 3.8) is 0 Å². The molecular formula is C31H34ClN3O4. The highest BCUT2D eigenvalue weighted by molar-refractivity contribution is 6.31. The molecule has 1 aliphatic rings. The maximum Gasteiger partial charge on any atom is 0.312 e. The van der Waals surface area contributed by atoms with Crippen LogP contribution in [0.4, 0.5) is 5.69 Å². The number of methoxy groups -OCH3 is 1. The Bertz CT molecular complexity index is 1340. The number of hydrogen-bond acceptors (Lipinski definition) is 5. The quantitative estimate of drug-likeness (QED) is 0.310. The molecule has 1 aliphatic heterocycles. The first kappa shape index (κ1) is 28.3. The lowest BCUT2D eigenvalue weighted by Gasteiger charge is -2.33. The first-order valence-electron chi connectivity index (χ1n) is 13.1. The molecule has 2 N–H and O–H groups in total. The van der Waals surface area contributed by atoms with Crippen molar-refractivity contribution in [3.05, 3.63) is 94.5 Å². The number of hydrogen-bond donors (Lipinski definition) is 2. The lowest BCUT2D eigenvalue weighted by molar-refractivity contribution is -0.138. The second kappa shape index (κ2) is 12.5. The van der Waals surface area contributed by atoms with Crippen molar-refractivity contribution in [2.75, 3.05) is 32.1 Å². The van der Waals surface area contributed by atoms with Crippen LogP contribution in [0.3, 0.4) is 0 Å². The normalized spacial score (nSPS) is 18.5. The molecular weight excluding hydrogens is 514 g/mol. The second-order valence-corrected chi connectivity index (χ2v) is 10.3. The van der Waals surface area contributed by atoms with E-state index in [4.69, 9.17) is 21.3 Å². The van der Waals surface area contributed by atoms with Gasteiger partial charge in [-0.3, -0.25) is 19.5 Å². The average molecular weight is 548 g/mol. The highest BCUT2D eigenvalue weighted by Crippen LogP contribution is 2.32. The number of benzene rings is 3. The number of nitrogens with one attached hydrogen (secondary N) is 1. The van der Waals surface area contributed by atoms with E-state index in [-0.39, 0.29) is 12.5 Å². The van der Waals surface area contributed by atoms with Gasteiger partial charge in [0.1, 0.15) is 11.7 Å². The molecule has 4 rings (SSSR count). The predicted molar refractivity (Wildman–Crippen MR) is 155 cm³/mol. The van der Waals surface area contributed by atoms with E-state index in [2.05, 4.69) is 17.1 Å². The monoisotopic (exact) mass is 547 g/mol. The molecule has 1 saturated heterocycles. The summed E-state index contributed by atoms with van der Waals surface area (Å²) in [6.07, 6.45) is 1.74. The third kappa shape index (κ3) is 6.32. The lowest BCUT2D eigenvalue weighted by Crippen LogP contribution is -2.50. The van der Waals surface area contributed by atoms with Gasteiger partial charge in [-0.25, -0.2) is 0 Å². The van der Waals surface area contributed by atoms with E-state index in [1.165, 1.54) is 0 Å². The van der Waals surface area contributed by atoms with Gasteiger partial charge >= 0.3 is 5.97 Å². The Morgan fingerprint density at radius 1 is 1.13 bits per heavy atom. The van der Waals surface area contributed by atoms with Gasteiger partial charge in [-0.15, -0.1) is 0 Å². The predicted octanol–water partition coefficient (Wildman–Crippen LogP) is 5.87. The van der Waals surface area contributed by atoms with Gasteiger partial charge in [-0.1, -0.05) is 61.0 Å². The van der Waals surface area contributed by atoms with E-state index < -0.39 is 17.4 Å². The molecule has 204 valence electrons. The van der Waals surface area contributed by atoms with E-state index >= 15 is 0 Å². The van der Waals surface area contributed by atoms with Crippen molar-refractivity contribution in [2.45, 2.75) is 38.1 Å². The summed E-state index contributed by atoms with van der Waals surface area (Å²) in [5.41, 5.74) is 2.55. The number of ether oxygens (including phenoxy) is 1. The molecule has 1 heterocycles. The van der Waals surface area contributed by atoms with Crippen molar-refractivity contribution in [1.29, 1.82) is 0 Å². The Labute approximate surface area is 234 Å². The number of rotatable bonds is 10. The summed E-state index contributed by atoms with van der Waals surface area (Å²) in [5.74, 6) is -1.29. The van der Waals surface area contributed by atoms with Gasteiger partial charge in [0.25, 0.3) is 0 Å². The number of likely N-dealkylation sites (N-methyl/N-ethyl adjacent to an activating group) is 1. The zero-order chi connectivity index (χ0) is 28.0. The molecule has 0 aliphatic carbocycles. The van der Waals surface area contributed by atoms with E-state index in [0.717, 1.165) is 31.5 Å². The highest BCUT2D eigenvalue weighted by Gasteiger charge is 2.42. The van der Waals surface area contributed by atoms with Crippen LogP contribution < -0.4 is 10.1 Å². The number of aliphatic imine (C=N–C) groups is 1. The summed E-state index contributed by atoms with van der Waals surface area (Å²) in [6, 6.07) is 21.7. The number of anilines is 1. The van der Waals surface area contributed by atoms with Gasteiger partial charge in [0.05, 0.1) is 30.6 Å². The Morgan fingerprint density at radius 3 is 2.49 bits per heavy atom. The van der Waals surface area contributed by atoms with Crippen LogP contribution >= 0.6 is 11.6 Å². The van der Waals surface area contributed by atoms with Gasteiger partial charge in [0.15, 0.2) is 0 Å². The molecule has 0 unspecified atom stereocenters. The molecule has 8 heteroatoms. The van der Waals surface area contributed by atoms with Crippen LogP contribution in [0, 0.1) is 0 Å². The maximum atomic E-state index is 13.6. The van der Waals surface area contributed by atoms with Gasteiger partial charge in [-0.2, -0.15) is 0 Å². The Morgan fingerprint density at radius 2 is 1.85 bits per heavy atom. The molecule has 0 aromatic heterocycles. The van der Waals surface area contributed by atoms with Crippen LogP contribution in [0.2, 0.25) is 5.02 Å². The number of carboxylic acid groups (broad SMARTS) is 1. The van der Waals surface area contributed by atoms with Gasteiger partial charge < -0.3 is 15.2 Å². The van der Waals surface area contributed by atoms with E-state index in [0.29, 0.717) is 33.3 Å². The number of amides is 1. The number of carboxylic acids is 1. The molecule has 3 aromatic rings. The van der Waals surface area contributed by atoms with E-state index in [9.17, 15) is 14.7 Å². The average Bonchev–Trinajstić information content (AvgIpc) is 3.34. The summed E-state index contributed by atoms with van der Waals surface area (Å²) in [4.78, 5) is 32.9. The Balaban J connectivity index is 1.74. The topological polar surface area (TPSA) is 91.2 Å². The third-order valence-electron chi connectivity index (χ3n) is 7.44. The largest absolute Gasteiger partial charge is 0.497 e. The Hall–Kier alpha value is -3.68. The minimum Gasteiger partial charge on any atom is -0.497 e. The van der Waals surface area contributed by atoms with Crippen molar-refractivity contribution >= 4 is 34.9 Å². The number of carbonyl (C=O) groups is 2. The van der Waals surface area contributed by atoms with E-state index in [1.807, 2.05) is 37.3 Å². The third-order valence-corrected chi connectivity index (χ3v) is 7.68. The fourth-order valence-corrected chi connectivity index (χ4v) is 5.31. The van der Waals surface area contributed by atoms with Gasteiger partial charge in [0.2, 0.25) is 5.91 Å². The van der Waals surface area contributed by atoms with Gasteiger partial charge in [0, 0.05) is 16.1 Å². The number of halogens is 1.